The van der Waals surface area contributed by atoms with Gasteiger partial charge in [-0.3, -0.25) is 4.79 Å². The predicted molar refractivity (Wildman–Crippen MR) is 101 cm³/mol. The van der Waals surface area contributed by atoms with Gasteiger partial charge in [0.05, 0.1) is 27.4 Å². The van der Waals surface area contributed by atoms with Gasteiger partial charge in [-0.25, -0.2) is 0 Å². The normalized spacial score (nSPS) is 11.7. The van der Waals surface area contributed by atoms with Gasteiger partial charge in [-0.05, 0) is 42.8 Å². The first-order chi connectivity index (χ1) is 12.5. The van der Waals surface area contributed by atoms with Gasteiger partial charge in [0.15, 0.2) is 11.5 Å². The molecule has 2 rings (SSSR count). The van der Waals surface area contributed by atoms with Crippen molar-refractivity contribution in [2.24, 2.45) is 0 Å². The lowest BCUT2D eigenvalue weighted by atomic mass is 10.1. The maximum absolute atomic E-state index is 12.2. The van der Waals surface area contributed by atoms with E-state index in [9.17, 15) is 10.1 Å². The Hall–Kier alpha value is -2.98. The first kappa shape index (κ1) is 19.3. The molecule has 26 heavy (non-hydrogen) atoms. The molecule has 1 unspecified atom stereocenters. The van der Waals surface area contributed by atoms with Gasteiger partial charge in [-0.2, -0.15) is 5.26 Å². The lowest BCUT2D eigenvalue weighted by Crippen LogP contribution is -2.25. The summed E-state index contributed by atoms with van der Waals surface area (Å²) >= 11 is 1.59. The summed E-state index contributed by atoms with van der Waals surface area (Å²) < 4.78 is 15.8. The van der Waals surface area contributed by atoms with Gasteiger partial charge in [0.25, 0.3) is 0 Å². The maximum atomic E-state index is 12.2. The van der Waals surface area contributed by atoms with Crippen molar-refractivity contribution >= 4 is 23.3 Å². The predicted octanol–water partition coefficient (Wildman–Crippen LogP) is 3.48. The van der Waals surface area contributed by atoms with Crippen LogP contribution in [0.1, 0.15) is 21.4 Å². The molecule has 1 atom stereocenters. The van der Waals surface area contributed by atoms with Crippen LogP contribution in [0.15, 0.2) is 30.3 Å². The fourth-order valence-electron chi connectivity index (χ4n) is 2.35. The van der Waals surface area contributed by atoms with E-state index in [0.29, 0.717) is 22.8 Å². The number of thiophene rings is 1. The number of carbonyl (C=O) groups is 1. The number of carbonyl (C=O) groups excluding carboxylic acids is 1. The molecule has 2 aromatic rings. The van der Waals surface area contributed by atoms with E-state index in [1.807, 2.05) is 19.1 Å². The number of hydrogen-bond donors (Lipinski definition) is 1. The van der Waals surface area contributed by atoms with Gasteiger partial charge in [0.2, 0.25) is 11.7 Å². The molecule has 0 aliphatic heterocycles. The van der Waals surface area contributed by atoms with Crippen molar-refractivity contribution in [2.45, 2.75) is 13.0 Å². The molecule has 0 spiro atoms. The number of benzene rings is 1. The average Bonchev–Trinajstić information content (AvgIpc) is 3.08. The van der Waals surface area contributed by atoms with Crippen LogP contribution < -0.4 is 19.5 Å². The zero-order chi connectivity index (χ0) is 19.1. The highest BCUT2D eigenvalue weighted by atomic mass is 32.1. The molecule has 0 aliphatic carbocycles. The Bertz CT molecular complexity index is 826. The van der Waals surface area contributed by atoms with Gasteiger partial charge in [0, 0.05) is 15.8 Å². The van der Waals surface area contributed by atoms with Crippen molar-refractivity contribution in [3.63, 3.8) is 0 Å². The Kier molecular flexibility index (Phi) is 6.64. The minimum atomic E-state index is -0.856. The van der Waals surface area contributed by atoms with Gasteiger partial charge >= 0.3 is 0 Å². The Labute approximate surface area is 156 Å². The Morgan fingerprint density at radius 2 is 1.85 bits per heavy atom. The third-order valence-corrected chi connectivity index (χ3v) is 4.56. The first-order valence-corrected chi connectivity index (χ1v) is 8.58. The van der Waals surface area contributed by atoms with Gasteiger partial charge in [-0.1, -0.05) is 0 Å². The third kappa shape index (κ3) is 4.55. The number of ether oxygens (including phenoxy) is 3. The number of aryl methyl sites for hydroxylation is 1. The van der Waals surface area contributed by atoms with Crippen LogP contribution in [0.2, 0.25) is 0 Å². The molecule has 0 radical (unpaired) electrons. The molecule has 0 aliphatic rings. The number of rotatable bonds is 7. The van der Waals surface area contributed by atoms with Crippen molar-refractivity contribution in [3.05, 3.63) is 45.7 Å². The standard InChI is InChI=1S/C19H20N2O4S/c1-12-5-6-14(26-12)7-8-18(22)21-15(11-20)13-9-16(23-2)19(25-4)17(10-13)24-3/h5-10,15H,1-4H3,(H,21,22)/b8-7+. The van der Waals surface area contributed by atoms with Crippen molar-refractivity contribution in [2.75, 3.05) is 21.3 Å². The molecule has 1 aromatic heterocycles. The molecule has 6 nitrogen and oxygen atoms in total. The molecule has 0 saturated heterocycles. The molecular weight excluding hydrogens is 352 g/mol. The number of nitriles is 1. The Morgan fingerprint density at radius 1 is 1.19 bits per heavy atom. The molecule has 7 heteroatoms. The fourth-order valence-corrected chi connectivity index (χ4v) is 3.13. The van der Waals surface area contributed by atoms with Crippen LogP contribution in [0, 0.1) is 18.3 Å². The van der Waals surface area contributed by atoms with E-state index in [1.165, 1.54) is 27.4 Å². The lowest BCUT2D eigenvalue weighted by molar-refractivity contribution is -0.116. The monoisotopic (exact) mass is 372 g/mol. The SMILES string of the molecule is COc1cc(C(C#N)NC(=O)/C=C/c2ccc(C)s2)cc(OC)c1OC. The van der Waals surface area contributed by atoms with E-state index in [0.717, 1.165) is 9.75 Å². The highest BCUT2D eigenvalue weighted by Gasteiger charge is 2.19. The number of hydrogen-bond acceptors (Lipinski definition) is 6. The van der Waals surface area contributed by atoms with Gasteiger partial charge in [-0.15, -0.1) is 11.3 Å². The first-order valence-electron chi connectivity index (χ1n) is 7.77. The van der Waals surface area contributed by atoms with E-state index in [1.54, 1.807) is 29.5 Å². The van der Waals surface area contributed by atoms with Crippen LogP contribution in [-0.4, -0.2) is 27.2 Å². The molecule has 0 fully saturated rings. The van der Waals surface area contributed by atoms with E-state index in [-0.39, 0.29) is 5.91 Å². The third-order valence-electron chi connectivity index (χ3n) is 3.60. The second kappa shape index (κ2) is 8.92. The second-order valence-electron chi connectivity index (χ2n) is 5.31. The number of methoxy groups -OCH3 is 3. The summed E-state index contributed by atoms with van der Waals surface area (Å²) in [5.74, 6) is 0.896. The summed E-state index contributed by atoms with van der Waals surface area (Å²) in [7, 11) is 4.49. The number of amides is 1. The summed E-state index contributed by atoms with van der Waals surface area (Å²) in [5.41, 5.74) is 0.538. The smallest absolute Gasteiger partial charge is 0.245 e. The highest BCUT2D eigenvalue weighted by Crippen LogP contribution is 2.39. The zero-order valence-corrected chi connectivity index (χ0v) is 15.8. The van der Waals surface area contributed by atoms with Crippen LogP contribution in [0.3, 0.4) is 0 Å². The quantitative estimate of drug-likeness (QED) is 0.753. The minimum absolute atomic E-state index is 0.364. The number of nitrogens with one attached hydrogen (secondary N) is 1. The van der Waals surface area contributed by atoms with E-state index in [4.69, 9.17) is 14.2 Å². The molecule has 0 bridgehead atoms. The molecule has 1 amide bonds. The molecule has 0 saturated carbocycles. The van der Waals surface area contributed by atoms with Gasteiger partial charge in [0.1, 0.15) is 6.04 Å². The molecule has 136 valence electrons. The van der Waals surface area contributed by atoms with E-state index < -0.39 is 6.04 Å². The van der Waals surface area contributed by atoms with Crippen LogP contribution >= 0.6 is 11.3 Å². The lowest BCUT2D eigenvalue weighted by Gasteiger charge is -2.16. The average molecular weight is 372 g/mol. The highest BCUT2D eigenvalue weighted by molar-refractivity contribution is 7.12. The summed E-state index contributed by atoms with van der Waals surface area (Å²) in [6, 6.07) is 8.42. The largest absolute Gasteiger partial charge is 0.493 e. The number of nitrogens with zero attached hydrogens (tertiary/aromatic N) is 1. The van der Waals surface area contributed by atoms with Crippen LogP contribution in [0.25, 0.3) is 6.08 Å². The fraction of sp³-hybridized carbons (Fsp3) is 0.263. The van der Waals surface area contributed by atoms with Gasteiger partial charge < -0.3 is 19.5 Å². The minimum Gasteiger partial charge on any atom is -0.493 e. The Balaban J connectivity index is 2.21. The summed E-state index contributed by atoms with van der Waals surface area (Å²) in [4.78, 5) is 14.3. The maximum Gasteiger partial charge on any atom is 0.245 e. The van der Waals surface area contributed by atoms with Crippen molar-refractivity contribution < 1.29 is 19.0 Å². The molecule has 1 aromatic carbocycles. The Morgan fingerprint density at radius 3 is 2.31 bits per heavy atom. The summed E-state index contributed by atoms with van der Waals surface area (Å²) in [6.07, 6.45) is 3.13. The van der Waals surface area contributed by atoms with Crippen LogP contribution in [0.4, 0.5) is 0 Å². The molecule has 1 N–H and O–H groups in total. The van der Waals surface area contributed by atoms with Crippen molar-refractivity contribution in [1.82, 2.24) is 5.32 Å². The topological polar surface area (TPSA) is 80.6 Å². The second-order valence-corrected chi connectivity index (χ2v) is 6.63. The summed E-state index contributed by atoms with van der Waals surface area (Å²) in [5, 5.41) is 12.1. The van der Waals surface area contributed by atoms with Crippen LogP contribution in [-0.2, 0) is 4.79 Å². The zero-order valence-electron chi connectivity index (χ0n) is 15.0. The summed E-state index contributed by atoms with van der Waals surface area (Å²) in [6.45, 7) is 2.00. The van der Waals surface area contributed by atoms with Crippen molar-refractivity contribution in [3.8, 4) is 23.3 Å². The van der Waals surface area contributed by atoms with E-state index >= 15 is 0 Å². The molecule has 1 heterocycles. The van der Waals surface area contributed by atoms with E-state index in [2.05, 4.69) is 11.4 Å². The van der Waals surface area contributed by atoms with Crippen molar-refractivity contribution in [1.29, 1.82) is 5.26 Å². The van der Waals surface area contributed by atoms with Crippen LogP contribution in [0.5, 0.6) is 17.2 Å². The molecular formula is C19H20N2O4S.